The van der Waals surface area contributed by atoms with Gasteiger partial charge in [-0.15, -0.1) is 0 Å². The molecule has 1 N–H and O–H groups in total. The smallest absolute Gasteiger partial charge is 0.329 e. The van der Waals surface area contributed by atoms with Gasteiger partial charge in [0.25, 0.3) is 0 Å². The van der Waals surface area contributed by atoms with Crippen LogP contribution in [0, 0.1) is 5.92 Å². The van der Waals surface area contributed by atoms with Crippen LogP contribution in [0.3, 0.4) is 0 Å². The number of hydrogen-bond acceptors (Lipinski definition) is 3. The number of aliphatic hydroxyl groups is 1. The van der Waals surface area contributed by atoms with Gasteiger partial charge in [0.05, 0.1) is 7.11 Å². The van der Waals surface area contributed by atoms with Crippen LogP contribution < -0.4 is 0 Å². The Balaban J connectivity index is 0. The summed E-state index contributed by atoms with van der Waals surface area (Å²) in [5.74, 6) is 0.0463. The fourth-order valence-corrected chi connectivity index (χ4v) is 0.0833. The van der Waals surface area contributed by atoms with Gasteiger partial charge < -0.3 is 9.84 Å². The predicted molar refractivity (Wildman–Crippen MR) is 44.1 cm³/mol. The van der Waals surface area contributed by atoms with Gasteiger partial charge in [-0.2, -0.15) is 0 Å². The van der Waals surface area contributed by atoms with E-state index in [1.54, 1.807) is 0 Å². The molecule has 0 aromatic carbocycles. The van der Waals surface area contributed by atoms with E-state index in [0.29, 0.717) is 12.5 Å². The Bertz CT molecular complexity index is 108. The number of carbonyl (C=O) groups excluding carboxylic acids is 1. The lowest BCUT2D eigenvalue weighted by molar-refractivity contribution is -0.134. The van der Waals surface area contributed by atoms with Crippen molar-refractivity contribution in [2.75, 3.05) is 13.7 Å². The van der Waals surface area contributed by atoms with E-state index in [9.17, 15) is 4.79 Å². The van der Waals surface area contributed by atoms with Crippen molar-refractivity contribution in [2.45, 2.75) is 13.8 Å². The molecule has 0 heterocycles. The number of methoxy groups -OCH3 is 1. The standard InChI is InChI=1S/C4H6O2.C4H10O/c1-3-4(5)6-2;1-4(2)3-5/h3H,1H2,2H3;4-5H,3H2,1-2H3. The molecule has 0 unspecified atom stereocenters. The molecule has 0 saturated carbocycles. The minimum absolute atomic E-state index is 0.306. The van der Waals surface area contributed by atoms with Crippen LogP contribution in [0.2, 0.25) is 0 Å². The van der Waals surface area contributed by atoms with Gasteiger partial charge in [0.15, 0.2) is 0 Å². The molecule has 0 amide bonds. The summed E-state index contributed by atoms with van der Waals surface area (Å²) in [6, 6.07) is 0. The van der Waals surface area contributed by atoms with Crippen LogP contribution in [0.1, 0.15) is 13.8 Å². The molecule has 66 valence electrons. The van der Waals surface area contributed by atoms with Gasteiger partial charge >= 0.3 is 5.97 Å². The van der Waals surface area contributed by atoms with Crippen LogP contribution in [0.25, 0.3) is 0 Å². The predicted octanol–water partition coefficient (Wildman–Crippen LogP) is 0.980. The van der Waals surface area contributed by atoms with E-state index in [1.165, 1.54) is 7.11 Å². The minimum Gasteiger partial charge on any atom is -0.466 e. The van der Waals surface area contributed by atoms with Crippen LogP contribution in [0.5, 0.6) is 0 Å². The van der Waals surface area contributed by atoms with Crippen molar-refractivity contribution in [3.05, 3.63) is 12.7 Å². The molecule has 0 aromatic rings. The van der Waals surface area contributed by atoms with E-state index in [-0.39, 0.29) is 0 Å². The fourth-order valence-electron chi connectivity index (χ4n) is 0.0833. The average molecular weight is 160 g/mol. The van der Waals surface area contributed by atoms with Crippen molar-refractivity contribution in [3.8, 4) is 0 Å². The van der Waals surface area contributed by atoms with E-state index < -0.39 is 5.97 Å². The highest BCUT2D eigenvalue weighted by Crippen LogP contribution is 1.83. The quantitative estimate of drug-likeness (QED) is 0.484. The Kier molecular flexibility index (Phi) is 10.7. The SMILES string of the molecule is C=CC(=O)OC.CC(C)CO. The van der Waals surface area contributed by atoms with Crippen molar-refractivity contribution in [1.82, 2.24) is 0 Å². The molecule has 0 saturated heterocycles. The minimum atomic E-state index is -0.394. The summed E-state index contributed by atoms with van der Waals surface area (Å²) in [4.78, 5) is 9.84. The van der Waals surface area contributed by atoms with Crippen molar-refractivity contribution < 1.29 is 14.6 Å². The molecule has 0 aliphatic rings. The van der Waals surface area contributed by atoms with Crippen LogP contribution in [0.15, 0.2) is 12.7 Å². The zero-order valence-electron chi connectivity index (χ0n) is 7.33. The first-order chi connectivity index (χ1) is 5.08. The Morgan fingerprint density at radius 1 is 1.73 bits per heavy atom. The van der Waals surface area contributed by atoms with Crippen molar-refractivity contribution in [2.24, 2.45) is 5.92 Å². The van der Waals surface area contributed by atoms with Gasteiger partial charge in [-0.05, 0) is 5.92 Å². The lowest BCUT2D eigenvalue weighted by atomic mass is 10.2. The summed E-state index contributed by atoms with van der Waals surface area (Å²) in [5, 5.41) is 8.14. The molecule has 0 aromatic heterocycles. The third-order valence-electron chi connectivity index (χ3n) is 0.733. The number of aliphatic hydroxyl groups excluding tert-OH is 1. The molecular weight excluding hydrogens is 144 g/mol. The van der Waals surface area contributed by atoms with E-state index in [1.807, 2.05) is 13.8 Å². The van der Waals surface area contributed by atoms with Gasteiger partial charge in [0.2, 0.25) is 0 Å². The summed E-state index contributed by atoms with van der Waals surface area (Å²) in [6.45, 7) is 7.41. The second-order valence-corrected chi connectivity index (χ2v) is 2.30. The molecule has 11 heavy (non-hydrogen) atoms. The molecule has 0 fully saturated rings. The van der Waals surface area contributed by atoms with Gasteiger partial charge in [-0.1, -0.05) is 20.4 Å². The normalized spacial score (nSPS) is 8.09. The number of rotatable bonds is 2. The summed E-state index contributed by atoms with van der Waals surface area (Å²) >= 11 is 0. The number of esters is 1. The second-order valence-electron chi connectivity index (χ2n) is 2.30. The maximum Gasteiger partial charge on any atom is 0.329 e. The highest BCUT2D eigenvalue weighted by Gasteiger charge is 1.82. The van der Waals surface area contributed by atoms with E-state index in [4.69, 9.17) is 5.11 Å². The Hall–Kier alpha value is -0.830. The van der Waals surface area contributed by atoms with Crippen LogP contribution in [-0.2, 0) is 9.53 Å². The molecule has 0 bridgehead atoms. The molecule has 3 heteroatoms. The largest absolute Gasteiger partial charge is 0.466 e. The van der Waals surface area contributed by atoms with E-state index in [2.05, 4.69) is 11.3 Å². The van der Waals surface area contributed by atoms with Gasteiger partial charge in [0.1, 0.15) is 0 Å². The van der Waals surface area contributed by atoms with Crippen LogP contribution >= 0.6 is 0 Å². The molecular formula is C8H16O3. The lowest BCUT2D eigenvalue weighted by Crippen LogP contribution is -1.91. The molecule has 3 nitrogen and oxygen atoms in total. The van der Waals surface area contributed by atoms with Crippen LogP contribution in [-0.4, -0.2) is 24.8 Å². The average Bonchev–Trinajstić information content (AvgIpc) is 2.04. The van der Waals surface area contributed by atoms with Gasteiger partial charge in [-0.3, -0.25) is 0 Å². The van der Waals surface area contributed by atoms with E-state index in [0.717, 1.165) is 6.08 Å². The summed E-state index contributed by atoms with van der Waals surface area (Å²) in [7, 11) is 1.31. The third-order valence-corrected chi connectivity index (χ3v) is 0.733. The Labute approximate surface area is 67.7 Å². The maximum absolute atomic E-state index is 9.84. The van der Waals surface area contributed by atoms with E-state index >= 15 is 0 Å². The summed E-state index contributed by atoms with van der Waals surface area (Å²) in [5.41, 5.74) is 0. The fraction of sp³-hybridized carbons (Fsp3) is 0.625. The molecule has 0 aliphatic heterocycles. The van der Waals surface area contributed by atoms with Crippen molar-refractivity contribution in [3.63, 3.8) is 0 Å². The molecule has 0 rings (SSSR count). The zero-order valence-corrected chi connectivity index (χ0v) is 7.33. The molecule has 0 atom stereocenters. The topological polar surface area (TPSA) is 46.5 Å². The van der Waals surface area contributed by atoms with Crippen LogP contribution in [0.4, 0.5) is 0 Å². The second kappa shape index (κ2) is 9.17. The first-order valence-corrected chi connectivity index (χ1v) is 3.39. The Morgan fingerprint density at radius 2 is 2.09 bits per heavy atom. The van der Waals surface area contributed by atoms with Gasteiger partial charge in [-0.25, -0.2) is 4.79 Å². The number of hydrogen-bond donors (Lipinski definition) is 1. The lowest BCUT2D eigenvalue weighted by Gasteiger charge is -1.90. The Morgan fingerprint density at radius 3 is 2.09 bits per heavy atom. The highest BCUT2D eigenvalue weighted by atomic mass is 16.5. The highest BCUT2D eigenvalue weighted by molar-refractivity contribution is 5.80. The molecule has 0 radical (unpaired) electrons. The third kappa shape index (κ3) is 17.6. The molecule has 0 aliphatic carbocycles. The first kappa shape index (κ1) is 12.8. The van der Waals surface area contributed by atoms with Crippen molar-refractivity contribution >= 4 is 5.97 Å². The van der Waals surface area contributed by atoms with Crippen molar-refractivity contribution in [1.29, 1.82) is 0 Å². The zero-order chi connectivity index (χ0) is 9.28. The molecule has 0 spiro atoms. The maximum atomic E-state index is 9.84. The monoisotopic (exact) mass is 160 g/mol. The number of ether oxygens (including phenoxy) is 1. The first-order valence-electron chi connectivity index (χ1n) is 3.39. The summed E-state index contributed by atoms with van der Waals surface area (Å²) < 4.78 is 4.14. The van der Waals surface area contributed by atoms with Gasteiger partial charge in [0, 0.05) is 12.7 Å². The number of carbonyl (C=O) groups is 1. The summed E-state index contributed by atoms with van der Waals surface area (Å²) in [6.07, 6.45) is 1.11.